The Labute approximate surface area is 229 Å². The smallest absolute Gasteiger partial charge is 0.166 e. The first kappa shape index (κ1) is 33.0. The normalized spacial score (nSPS) is 14.7. The molecule has 1 unspecified atom stereocenters. The van der Waals surface area contributed by atoms with Crippen molar-refractivity contribution in [3.05, 3.63) is 89.0 Å². The predicted molar refractivity (Wildman–Crippen MR) is 142 cm³/mol. The van der Waals surface area contributed by atoms with Crippen LogP contribution in [0.15, 0.2) is 77.4 Å². The standard InChI is InChI=1S/C16H10F3.C9H13.C2H6Si.2ClH.Zr/c17-16(18,19)15-8-4-3-7-14(15)13-10-9-11-5-1-2-6-12(11)13;1-6-5-7(2)9(4)8(6)3;1-3-2;;;/h1-10H;6H,1-4H3;1-2H3;2*1H;/q2*-1;;;;+2. The summed E-state index contributed by atoms with van der Waals surface area (Å²) in [6.45, 7) is 13.3. The van der Waals surface area contributed by atoms with Crippen LogP contribution in [0.4, 0.5) is 13.2 Å². The van der Waals surface area contributed by atoms with E-state index in [-0.39, 0.29) is 35.8 Å². The van der Waals surface area contributed by atoms with Crippen molar-refractivity contribution in [2.24, 2.45) is 5.92 Å². The Hall–Kier alpha value is -1.00. The van der Waals surface area contributed by atoms with Crippen molar-refractivity contribution in [3.63, 3.8) is 0 Å². The fourth-order valence-electron chi connectivity index (χ4n) is 3.51. The molecule has 3 aromatic carbocycles. The molecule has 0 saturated carbocycles. The van der Waals surface area contributed by atoms with Crippen LogP contribution in [-0.2, 0) is 29.5 Å². The van der Waals surface area contributed by atoms with Gasteiger partial charge in [0.25, 0.3) is 0 Å². The van der Waals surface area contributed by atoms with Crippen molar-refractivity contribution >= 4 is 41.0 Å². The molecule has 0 spiro atoms. The number of rotatable bonds is 1. The Morgan fingerprint density at radius 1 is 0.912 bits per heavy atom. The van der Waals surface area contributed by atoms with Gasteiger partial charge in [-0.2, -0.15) is 24.3 Å². The number of allylic oxidation sites excluding steroid dienone is 4. The van der Waals surface area contributed by atoms with Gasteiger partial charge in [-0.1, -0.05) is 62.6 Å². The van der Waals surface area contributed by atoms with Gasteiger partial charge in [-0.15, -0.1) is 78.4 Å². The molecule has 0 bridgehead atoms. The summed E-state index contributed by atoms with van der Waals surface area (Å²) in [7, 11) is 0. The molecule has 0 N–H and O–H groups in total. The Bertz CT molecular complexity index is 1160. The van der Waals surface area contributed by atoms with Gasteiger partial charge in [0.1, 0.15) is 0 Å². The van der Waals surface area contributed by atoms with E-state index in [9.17, 15) is 13.2 Å². The molecule has 0 heterocycles. The van der Waals surface area contributed by atoms with Crippen LogP contribution < -0.4 is 0 Å². The Balaban J connectivity index is 0.000000614. The van der Waals surface area contributed by atoms with Crippen LogP contribution in [-0.4, -0.2) is 5.43 Å². The van der Waals surface area contributed by atoms with E-state index in [0.717, 1.165) is 16.8 Å². The molecule has 34 heavy (non-hydrogen) atoms. The molecule has 1 aliphatic rings. The van der Waals surface area contributed by atoms with Gasteiger partial charge in [-0.25, -0.2) is 5.57 Å². The van der Waals surface area contributed by atoms with E-state index in [1.807, 2.05) is 30.3 Å². The summed E-state index contributed by atoms with van der Waals surface area (Å²) in [5.74, 6) is 0.560. The largest absolute Gasteiger partial charge is 0.416 e. The number of fused-ring (bicyclic) bond motifs is 1. The van der Waals surface area contributed by atoms with Crippen LogP contribution >= 0.6 is 24.8 Å². The van der Waals surface area contributed by atoms with E-state index in [1.165, 1.54) is 28.9 Å². The minimum Gasteiger partial charge on any atom is -0.166 e. The number of hydrogen-bond donors (Lipinski definition) is 0. The molecule has 0 aromatic heterocycles. The van der Waals surface area contributed by atoms with Gasteiger partial charge in [0.05, 0.1) is 5.56 Å². The molecule has 1 aliphatic carbocycles. The van der Waals surface area contributed by atoms with E-state index < -0.39 is 11.7 Å². The van der Waals surface area contributed by atoms with Crippen LogP contribution in [0.1, 0.15) is 33.3 Å². The minimum atomic E-state index is -4.34. The number of halogens is 5. The molecule has 3 aromatic rings. The second kappa shape index (κ2) is 14.5. The van der Waals surface area contributed by atoms with Gasteiger partial charge in [0, 0.05) is 0 Å². The van der Waals surface area contributed by atoms with Crippen molar-refractivity contribution in [1.29, 1.82) is 0 Å². The quantitative estimate of drug-likeness (QED) is 0.192. The first-order valence-corrected chi connectivity index (χ1v) is 16.7. The van der Waals surface area contributed by atoms with Gasteiger partial charge in [0.15, 0.2) is 0 Å². The van der Waals surface area contributed by atoms with Crippen molar-refractivity contribution in [2.75, 3.05) is 0 Å². The second-order valence-corrected chi connectivity index (χ2v) is 17.6. The fraction of sp³-hybridized carbons (Fsp3) is 0.296. The first-order valence-electron chi connectivity index (χ1n) is 10.5. The molecular weight excluding hydrogens is 572 g/mol. The second-order valence-electron chi connectivity index (χ2n) is 8.18. The third kappa shape index (κ3) is 8.90. The maximum Gasteiger partial charge on any atom is 0.416 e. The summed E-state index contributed by atoms with van der Waals surface area (Å²) in [6, 6.07) is 16.7. The van der Waals surface area contributed by atoms with E-state index in [4.69, 9.17) is 0 Å². The van der Waals surface area contributed by atoms with Crippen LogP contribution in [0.2, 0.25) is 13.1 Å². The fourth-order valence-corrected chi connectivity index (χ4v) is 3.51. The van der Waals surface area contributed by atoms with Crippen LogP contribution in [0, 0.1) is 12.0 Å². The Morgan fingerprint density at radius 3 is 1.91 bits per heavy atom. The van der Waals surface area contributed by atoms with E-state index in [2.05, 4.69) is 46.9 Å². The molecule has 4 rings (SSSR count). The predicted octanol–water partition coefficient (Wildman–Crippen LogP) is 9.59. The van der Waals surface area contributed by atoms with Gasteiger partial charge < -0.3 is 0 Å². The molecule has 1 atom stereocenters. The summed E-state index contributed by atoms with van der Waals surface area (Å²) < 4.78 is 39.1. The molecule has 0 radical (unpaired) electrons. The van der Waals surface area contributed by atoms with E-state index in [0.29, 0.717) is 11.5 Å². The number of benzene rings is 2. The van der Waals surface area contributed by atoms with Gasteiger partial charge in [-0.05, 0) is 0 Å². The van der Waals surface area contributed by atoms with Crippen molar-refractivity contribution < 1.29 is 36.5 Å². The zero-order valence-electron chi connectivity index (χ0n) is 20.3. The van der Waals surface area contributed by atoms with Crippen molar-refractivity contribution in [3.8, 4) is 11.1 Å². The summed E-state index contributed by atoms with van der Waals surface area (Å²) >= 11 is 1.74. The van der Waals surface area contributed by atoms with Gasteiger partial charge >= 0.3 is 48.0 Å². The van der Waals surface area contributed by atoms with E-state index in [1.54, 1.807) is 35.5 Å². The zero-order valence-corrected chi connectivity index (χ0v) is 25.4. The SMILES string of the molecule is CC1=[C-]C(C)C(C)=C1C.C[Si](C)=[Zr+2].Cl.Cl.FC(F)(F)c1ccccc1-c1c[cH-]c2ccccc12. The van der Waals surface area contributed by atoms with Crippen molar-refractivity contribution in [2.45, 2.75) is 47.0 Å². The molecular formula is C27H31Cl2F3SiZr. The Morgan fingerprint density at radius 2 is 1.44 bits per heavy atom. The average molecular weight is 603 g/mol. The molecule has 182 valence electrons. The topological polar surface area (TPSA) is 0 Å². The molecule has 7 heteroatoms. The first-order chi connectivity index (χ1) is 14.9. The number of hydrogen-bond acceptors (Lipinski definition) is 0. The van der Waals surface area contributed by atoms with Crippen molar-refractivity contribution in [1.82, 2.24) is 0 Å². The maximum absolute atomic E-state index is 13.0. The zero-order chi connectivity index (χ0) is 24.1. The molecule has 0 saturated heterocycles. The van der Waals surface area contributed by atoms with Crippen LogP contribution in [0.3, 0.4) is 0 Å². The van der Waals surface area contributed by atoms with Gasteiger partial charge in [-0.3, -0.25) is 6.08 Å². The summed E-state index contributed by atoms with van der Waals surface area (Å²) in [5.41, 5.74) is 4.73. The van der Waals surface area contributed by atoms with E-state index >= 15 is 0 Å². The maximum atomic E-state index is 13.0. The van der Waals surface area contributed by atoms with Crippen LogP contribution in [0.5, 0.6) is 0 Å². The molecule has 0 aliphatic heterocycles. The minimum absolute atomic E-state index is 0. The number of alkyl halides is 3. The van der Waals surface area contributed by atoms with Crippen LogP contribution in [0.25, 0.3) is 21.9 Å². The molecule has 0 fully saturated rings. The third-order valence-corrected chi connectivity index (χ3v) is 5.44. The third-order valence-electron chi connectivity index (χ3n) is 5.44. The summed E-state index contributed by atoms with van der Waals surface area (Å²) in [6.07, 6.45) is -0.980. The summed E-state index contributed by atoms with van der Waals surface area (Å²) in [5, 5.41) is 1.80. The van der Waals surface area contributed by atoms with Gasteiger partial charge in [0.2, 0.25) is 0 Å². The Kier molecular flexibility index (Phi) is 14.1. The molecule has 0 nitrogen and oxygen atoms in total. The molecule has 0 amide bonds. The summed E-state index contributed by atoms with van der Waals surface area (Å²) in [4.78, 5) is 0. The monoisotopic (exact) mass is 600 g/mol. The average Bonchev–Trinajstić information content (AvgIpc) is 3.24.